The smallest absolute Gasteiger partial charge is 0.138 e. The number of hydrogen-bond acceptors (Lipinski definition) is 4. The maximum absolute atomic E-state index is 4.55. The Balaban J connectivity index is 1.90. The summed E-state index contributed by atoms with van der Waals surface area (Å²) in [6.07, 6.45) is 6.61. The standard InChI is InChI=1S/C13H17N3S/c1-9-14-12(11-7-8-17-13(11)15-9)16-10-5-3-2-4-6-10/h7-8,10H,2-6H2,1H3,(H,14,15,16). The SMILES string of the molecule is Cc1nc(NC2CCCCC2)c2ccsc2n1. The van der Waals surface area contributed by atoms with Crippen LogP contribution in [0.1, 0.15) is 37.9 Å². The third-order valence-corrected chi connectivity index (χ3v) is 4.19. The number of fused-ring (bicyclic) bond motifs is 1. The molecule has 0 bridgehead atoms. The van der Waals surface area contributed by atoms with Crippen LogP contribution >= 0.6 is 11.3 Å². The zero-order valence-corrected chi connectivity index (χ0v) is 10.9. The average molecular weight is 247 g/mol. The molecule has 90 valence electrons. The van der Waals surface area contributed by atoms with Gasteiger partial charge < -0.3 is 5.32 Å². The predicted molar refractivity (Wildman–Crippen MR) is 72.6 cm³/mol. The van der Waals surface area contributed by atoms with Crippen LogP contribution in [-0.2, 0) is 0 Å². The minimum Gasteiger partial charge on any atom is -0.367 e. The number of rotatable bonds is 2. The van der Waals surface area contributed by atoms with Crippen LogP contribution in [-0.4, -0.2) is 16.0 Å². The van der Waals surface area contributed by atoms with Crippen molar-refractivity contribution >= 4 is 27.4 Å². The molecular formula is C13H17N3S. The summed E-state index contributed by atoms with van der Waals surface area (Å²) in [5.41, 5.74) is 0. The monoisotopic (exact) mass is 247 g/mol. The highest BCUT2D eigenvalue weighted by Crippen LogP contribution is 2.28. The van der Waals surface area contributed by atoms with Crippen molar-refractivity contribution in [2.45, 2.75) is 45.1 Å². The molecule has 2 aromatic rings. The first-order valence-electron chi connectivity index (χ1n) is 6.31. The van der Waals surface area contributed by atoms with Crippen molar-refractivity contribution in [3.05, 3.63) is 17.3 Å². The molecular weight excluding hydrogens is 230 g/mol. The molecule has 0 unspecified atom stereocenters. The second-order valence-electron chi connectivity index (χ2n) is 4.74. The number of aromatic nitrogens is 2. The van der Waals surface area contributed by atoms with E-state index in [4.69, 9.17) is 0 Å². The van der Waals surface area contributed by atoms with Gasteiger partial charge in [0.05, 0.1) is 5.39 Å². The fraction of sp³-hybridized carbons (Fsp3) is 0.538. The van der Waals surface area contributed by atoms with Gasteiger partial charge in [-0.25, -0.2) is 9.97 Å². The first-order chi connectivity index (χ1) is 8.33. The number of hydrogen-bond donors (Lipinski definition) is 1. The zero-order chi connectivity index (χ0) is 11.7. The van der Waals surface area contributed by atoms with E-state index < -0.39 is 0 Å². The van der Waals surface area contributed by atoms with Crippen LogP contribution in [0.2, 0.25) is 0 Å². The average Bonchev–Trinajstić information content (AvgIpc) is 2.78. The molecule has 0 radical (unpaired) electrons. The van der Waals surface area contributed by atoms with E-state index in [0.717, 1.165) is 16.5 Å². The van der Waals surface area contributed by atoms with Crippen molar-refractivity contribution in [3.8, 4) is 0 Å². The molecule has 3 nitrogen and oxygen atoms in total. The van der Waals surface area contributed by atoms with Crippen molar-refractivity contribution < 1.29 is 0 Å². The van der Waals surface area contributed by atoms with Gasteiger partial charge in [-0.1, -0.05) is 19.3 Å². The second-order valence-corrected chi connectivity index (χ2v) is 5.63. The fourth-order valence-electron chi connectivity index (χ4n) is 2.51. The summed E-state index contributed by atoms with van der Waals surface area (Å²) in [4.78, 5) is 10.1. The lowest BCUT2D eigenvalue weighted by molar-refractivity contribution is 0.462. The Morgan fingerprint density at radius 1 is 1.24 bits per heavy atom. The lowest BCUT2D eigenvalue weighted by atomic mass is 9.95. The Morgan fingerprint density at radius 3 is 2.88 bits per heavy atom. The molecule has 1 saturated carbocycles. The van der Waals surface area contributed by atoms with E-state index in [9.17, 15) is 0 Å². The van der Waals surface area contributed by atoms with E-state index in [1.54, 1.807) is 11.3 Å². The highest BCUT2D eigenvalue weighted by atomic mass is 32.1. The van der Waals surface area contributed by atoms with E-state index in [-0.39, 0.29) is 0 Å². The summed E-state index contributed by atoms with van der Waals surface area (Å²) in [6, 6.07) is 2.71. The first-order valence-corrected chi connectivity index (χ1v) is 7.19. The molecule has 0 saturated heterocycles. The number of nitrogens with one attached hydrogen (secondary N) is 1. The molecule has 2 heterocycles. The molecule has 0 aromatic carbocycles. The van der Waals surface area contributed by atoms with Gasteiger partial charge in [0, 0.05) is 6.04 Å². The van der Waals surface area contributed by atoms with Crippen LogP contribution in [0.3, 0.4) is 0 Å². The van der Waals surface area contributed by atoms with Crippen molar-refractivity contribution in [3.63, 3.8) is 0 Å². The van der Waals surface area contributed by atoms with Gasteiger partial charge in [0.1, 0.15) is 16.5 Å². The second kappa shape index (κ2) is 4.61. The molecule has 1 fully saturated rings. The van der Waals surface area contributed by atoms with Gasteiger partial charge in [0.25, 0.3) is 0 Å². The Morgan fingerprint density at radius 2 is 2.06 bits per heavy atom. The Hall–Kier alpha value is -1.16. The summed E-state index contributed by atoms with van der Waals surface area (Å²) in [5, 5.41) is 6.87. The third-order valence-electron chi connectivity index (χ3n) is 3.38. The molecule has 0 spiro atoms. The van der Waals surface area contributed by atoms with Crippen molar-refractivity contribution in [1.29, 1.82) is 0 Å². The van der Waals surface area contributed by atoms with E-state index in [2.05, 4.69) is 26.7 Å². The van der Waals surface area contributed by atoms with Crippen LogP contribution in [0.15, 0.2) is 11.4 Å². The summed E-state index contributed by atoms with van der Waals surface area (Å²) in [6.45, 7) is 1.96. The highest BCUT2D eigenvalue weighted by Gasteiger charge is 2.15. The van der Waals surface area contributed by atoms with Gasteiger partial charge >= 0.3 is 0 Å². The summed E-state index contributed by atoms with van der Waals surface area (Å²) in [7, 11) is 0. The summed E-state index contributed by atoms with van der Waals surface area (Å²) in [5.74, 6) is 1.89. The number of anilines is 1. The minimum absolute atomic E-state index is 0.598. The van der Waals surface area contributed by atoms with Crippen molar-refractivity contribution in [1.82, 2.24) is 9.97 Å². The van der Waals surface area contributed by atoms with Gasteiger partial charge in [0.2, 0.25) is 0 Å². The van der Waals surface area contributed by atoms with Crippen LogP contribution in [0.25, 0.3) is 10.2 Å². The molecule has 1 aliphatic rings. The molecule has 3 rings (SSSR count). The summed E-state index contributed by atoms with van der Waals surface area (Å²) < 4.78 is 0. The topological polar surface area (TPSA) is 37.8 Å². The zero-order valence-electron chi connectivity index (χ0n) is 10.1. The van der Waals surface area contributed by atoms with Crippen molar-refractivity contribution in [2.75, 3.05) is 5.32 Å². The Kier molecular flexibility index (Phi) is 2.97. The van der Waals surface area contributed by atoms with Crippen LogP contribution in [0.5, 0.6) is 0 Å². The van der Waals surface area contributed by atoms with Crippen LogP contribution < -0.4 is 5.32 Å². The maximum Gasteiger partial charge on any atom is 0.138 e. The van der Waals surface area contributed by atoms with Gasteiger partial charge in [-0.2, -0.15) is 0 Å². The third kappa shape index (κ3) is 2.27. The predicted octanol–water partition coefficient (Wildman–Crippen LogP) is 3.74. The molecule has 0 atom stereocenters. The van der Waals surface area contributed by atoms with E-state index in [1.807, 2.05) is 6.92 Å². The van der Waals surface area contributed by atoms with Gasteiger partial charge in [-0.3, -0.25) is 0 Å². The number of nitrogens with zero attached hydrogens (tertiary/aromatic N) is 2. The van der Waals surface area contributed by atoms with E-state index >= 15 is 0 Å². The molecule has 0 aliphatic heterocycles. The van der Waals surface area contributed by atoms with Gasteiger partial charge in [0.15, 0.2) is 0 Å². The normalized spacial score (nSPS) is 17.5. The van der Waals surface area contributed by atoms with Gasteiger partial charge in [-0.15, -0.1) is 11.3 Å². The summed E-state index contributed by atoms with van der Waals surface area (Å²) >= 11 is 1.69. The lowest BCUT2D eigenvalue weighted by Crippen LogP contribution is -2.23. The molecule has 2 aromatic heterocycles. The molecule has 1 N–H and O–H groups in total. The van der Waals surface area contributed by atoms with Crippen LogP contribution in [0, 0.1) is 6.92 Å². The number of aryl methyl sites for hydroxylation is 1. The van der Waals surface area contributed by atoms with E-state index in [0.29, 0.717) is 6.04 Å². The highest BCUT2D eigenvalue weighted by molar-refractivity contribution is 7.16. The maximum atomic E-state index is 4.55. The largest absolute Gasteiger partial charge is 0.367 e. The minimum atomic E-state index is 0.598. The van der Waals surface area contributed by atoms with E-state index in [1.165, 1.54) is 37.5 Å². The Bertz CT molecular complexity index is 514. The van der Waals surface area contributed by atoms with Crippen LogP contribution in [0.4, 0.5) is 5.82 Å². The quantitative estimate of drug-likeness (QED) is 0.878. The van der Waals surface area contributed by atoms with Crippen molar-refractivity contribution in [2.24, 2.45) is 0 Å². The first kappa shape index (κ1) is 11.0. The fourth-order valence-corrected chi connectivity index (χ4v) is 3.32. The Labute approximate surface area is 105 Å². The van der Waals surface area contributed by atoms with Gasteiger partial charge in [-0.05, 0) is 31.2 Å². The molecule has 0 amide bonds. The lowest BCUT2D eigenvalue weighted by Gasteiger charge is -2.23. The molecule has 17 heavy (non-hydrogen) atoms. The molecule has 1 aliphatic carbocycles. The molecule has 4 heteroatoms. The number of thiophene rings is 1.